The maximum absolute atomic E-state index is 16.2. The van der Waals surface area contributed by atoms with E-state index < -0.39 is 37.8 Å². The summed E-state index contributed by atoms with van der Waals surface area (Å²) in [5, 5.41) is -4.93. The number of hydrogen-bond donors (Lipinski definition) is 0. The molecule has 9 atom stereocenters. The molecule has 7 rings (SSSR count). The molecule has 4 aliphatic carbocycles. The van der Waals surface area contributed by atoms with Crippen LogP contribution in [0.1, 0.15) is 112 Å². The predicted octanol–water partition coefficient (Wildman–Crippen LogP) is 12.9. The fourth-order valence-corrected chi connectivity index (χ4v) is 17.3. The quantitative estimate of drug-likeness (QED) is 0.161. The third-order valence-electron chi connectivity index (χ3n) is 15.1. The third-order valence-corrected chi connectivity index (χ3v) is 20.2. The largest absolute Gasteiger partial charge is 0.466 e. The molecule has 4 saturated carbocycles. The van der Waals surface area contributed by atoms with E-state index in [0.29, 0.717) is 44.8 Å². The molecule has 0 amide bonds. The molecule has 3 aromatic rings. The number of hydrogen-bond acceptors (Lipinski definition) is 5. The summed E-state index contributed by atoms with van der Waals surface area (Å²) >= 11 is 0. The highest BCUT2D eigenvalue weighted by Crippen LogP contribution is 2.71. The first kappa shape index (κ1) is 41.4. The van der Waals surface area contributed by atoms with Gasteiger partial charge < -0.3 is 4.74 Å². The molecule has 0 aromatic heterocycles. The van der Waals surface area contributed by atoms with Gasteiger partial charge in [0.2, 0.25) is 0 Å². The van der Waals surface area contributed by atoms with Gasteiger partial charge in [0.25, 0.3) is 0 Å². The van der Waals surface area contributed by atoms with E-state index >= 15 is 8.78 Å². The smallest absolute Gasteiger partial charge is 0.457 e. The number of esters is 1. The van der Waals surface area contributed by atoms with Crippen LogP contribution in [-0.4, -0.2) is 25.7 Å². The molecule has 5 nitrogen and oxygen atoms in total. The van der Waals surface area contributed by atoms with Crippen molar-refractivity contribution >= 4 is 26.4 Å². The second-order valence-corrected chi connectivity index (χ2v) is 23.0. The number of rotatable bonds is 13. The molecule has 0 saturated heterocycles. The van der Waals surface area contributed by atoms with Crippen LogP contribution in [0.4, 0.5) is 8.78 Å². The topological polar surface area (TPSA) is 69.7 Å². The van der Waals surface area contributed by atoms with E-state index in [0.717, 1.165) is 42.9 Å². The van der Waals surface area contributed by atoms with Gasteiger partial charge in [0, 0.05) is 14.7 Å². The molecule has 0 bridgehead atoms. The fourth-order valence-electron chi connectivity index (χ4n) is 12.2. The van der Waals surface area contributed by atoms with E-state index in [1.54, 1.807) is 91.0 Å². The molecule has 0 heterocycles. The lowest BCUT2D eigenvalue weighted by molar-refractivity contribution is -0.177. The van der Waals surface area contributed by atoms with E-state index in [2.05, 4.69) is 34.6 Å². The average molecular weight is 809 g/mol. The van der Waals surface area contributed by atoms with Crippen LogP contribution in [0.5, 0.6) is 0 Å². The van der Waals surface area contributed by atoms with Crippen LogP contribution in [0, 0.1) is 52.3 Å². The van der Waals surface area contributed by atoms with Crippen LogP contribution >= 0.6 is 10.3 Å². The van der Waals surface area contributed by atoms with E-state index in [4.69, 9.17) is 8.37 Å². The summed E-state index contributed by atoms with van der Waals surface area (Å²) < 4.78 is 71.7. The molecular formula is C47H62F2O5S2. The number of carbonyl (C=O) groups is 1. The van der Waals surface area contributed by atoms with Gasteiger partial charge in [0.05, 0.1) is 0 Å². The van der Waals surface area contributed by atoms with Gasteiger partial charge in [0.15, 0.2) is 0 Å². The SMILES string of the molecule is CC(C)CCCC(C)C1CCC2C3CCC4CC(OC(=O)C(F)(F)S(=O)(=O)OS(c5ccccc5)(c5ccccc5)c5ccccc5)CCC4(C)C3CCC12C. The van der Waals surface area contributed by atoms with Crippen molar-refractivity contribution in [1.29, 1.82) is 0 Å². The average Bonchev–Trinajstić information content (AvgIpc) is 3.55. The van der Waals surface area contributed by atoms with Crippen LogP contribution in [0.25, 0.3) is 0 Å². The molecule has 9 unspecified atom stereocenters. The zero-order chi connectivity index (χ0) is 39.9. The van der Waals surface area contributed by atoms with E-state index in [1.165, 1.54) is 44.9 Å². The number of benzene rings is 3. The first-order valence-electron chi connectivity index (χ1n) is 21.2. The summed E-state index contributed by atoms with van der Waals surface area (Å²) in [6.07, 6.45) is 12.1. The molecule has 9 heteroatoms. The lowest BCUT2D eigenvalue weighted by Crippen LogP contribution is -2.54. The Morgan fingerprint density at radius 1 is 0.732 bits per heavy atom. The number of carbonyl (C=O) groups excluding carboxylic acids is 1. The summed E-state index contributed by atoms with van der Waals surface area (Å²) in [5.41, 5.74) is 0.435. The van der Waals surface area contributed by atoms with Crippen LogP contribution < -0.4 is 0 Å². The molecule has 3 aromatic carbocycles. The van der Waals surface area contributed by atoms with Gasteiger partial charge in [-0.15, -0.1) is 0 Å². The Labute approximate surface area is 336 Å². The van der Waals surface area contributed by atoms with Gasteiger partial charge in [-0.2, -0.15) is 17.2 Å². The Hall–Kier alpha value is -2.75. The molecule has 4 fully saturated rings. The predicted molar refractivity (Wildman–Crippen MR) is 220 cm³/mol. The maximum atomic E-state index is 16.2. The Morgan fingerprint density at radius 2 is 1.27 bits per heavy atom. The van der Waals surface area contributed by atoms with Gasteiger partial charge in [-0.05, 0) is 157 Å². The van der Waals surface area contributed by atoms with Crippen molar-refractivity contribution in [1.82, 2.24) is 0 Å². The van der Waals surface area contributed by atoms with Crippen molar-refractivity contribution in [3.63, 3.8) is 0 Å². The van der Waals surface area contributed by atoms with Gasteiger partial charge in [-0.25, -0.2) is 8.42 Å². The second-order valence-electron chi connectivity index (χ2n) is 18.5. The Kier molecular flexibility index (Phi) is 11.9. The fraction of sp³-hybridized carbons (Fsp3) is 0.596. The molecule has 306 valence electrons. The Balaban J connectivity index is 1.06. The van der Waals surface area contributed by atoms with Gasteiger partial charge in [-0.3, -0.25) is 0 Å². The van der Waals surface area contributed by atoms with Crippen LogP contribution in [0.15, 0.2) is 106 Å². The number of ether oxygens (including phenoxy) is 1. The zero-order valence-electron chi connectivity index (χ0n) is 33.9. The first-order valence-corrected chi connectivity index (χ1v) is 24.1. The summed E-state index contributed by atoms with van der Waals surface area (Å²) in [5.74, 6) is 2.44. The third kappa shape index (κ3) is 7.40. The minimum absolute atomic E-state index is 0.0514. The summed E-state index contributed by atoms with van der Waals surface area (Å²) in [7, 11) is -9.15. The van der Waals surface area contributed by atoms with Crippen LogP contribution in [0.2, 0.25) is 0 Å². The molecular weight excluding hydrogens is 747 g/mol. The Bertz CT molecular complexity index is 1810. The molecule has 0 aliphatic heterocycles. The minimum Gasteiger partial charge on any atom is -0.457 e. The molecule has 0 N–H and O–H groups in total. The van der Waals surface area contributed by atoms with Crippen LogP contribution in [-0.2, 0) is 23.3 Å². The standard InChI is InChI=1S/C47H62F2O5S2/c1-33(2)16-15-17-34(3)41-26-27-42-40-25-24-35-32-36(28-30-45(35,4)43(40)29-31-46(41,42)5)53-44(50)47(48,49)56(51,52)54-55(37-18-9-6-10-19-37,38-20-11-7-12-21-38)39-22-13-8-14-23-39/h6-14,18-23,33-36,40-43H,15-17,24-32H2,1-5H3. The number of alkyl halides is 2. The molecule has 0 radical (unpaired) electrons. The van der Waals surface area contributed by atoms with Crippen molar-refractivity contribution in [2.75, 3.05) is 0 Å². The number of halogens is 2. The van der Waals surface area contributed by atoms with Gasteiger partial charge in [-0.1, -0.05) is 108 Å². The highest BCUT2D eigenvalue weighted by Gasteiger charge is 2.62. The lowest BCUT2D eigenvalue weighted by Gasteiger charge is -2.61. The zero-order valence-corrected chi connectivity index (χ0v) is 35.5. The van der Waals surface area contributed by atoms with Crippen molar-refractivity contribution < 1.29 is 30.4 Å². The van der Waals surface area contributed by atoms with E-state index in [1.807, 2.05) is 0 Å². The number of fused-ring (bicyclic) bond motifs is 5. The van der Waals surface area contributed by atoms with Crippen molar-refractivity contribution in [2.24, 2.45) is 52.3 Å². The van der Waals surface area contributed by atoms with Gasteiger partial charge in [0.1, 0.15) is 6.10 Å². The van der Waals surface area contributed by atoms with Crippen molar-refractivity contribution in [2.45, 2.75) is 138 Å². The normalized spacial score (nSPS) is 31.5. The van der Waals surface area contributed by atoms with Crippen LogP contribution in [0.3, 0.4) is 0 Å². The summed E-state index contributed by atoms with van der Waals surface area (Å²) in [4.78, 5) is 14.7. The molecule has 0 spiro atoms. The minimum atomic E-state index is -5.87. The maximum Gasteiger partial charge on any atom is 0.466 e. The van der Waals surface area contributed by atoms with Crippen molar-refractivity contribution in [3.05, 3.63) is 91.0 Å². The van der Waals surface area contributed by atoms with E-state index in [9.17, 15) is 13.2 Å². The van der Waals surface area contributed by atoms with E-state index in [-0.39, 0.29) is 11.3 Å². The van der Waals surface area contributed by atoms with Crippen molar-refractivity contribution in [3.8, 4) is 0 Å². The van der Waals surface area contributed by atoms with Gasteiger partial charge >= 0.3 is 21.3 Å². The molecule has 56 heavy (non-hydrogen) atoms. The highest BCUT2D eigenvalue weighted by molar-refractivity contribution is 8.33. The highest BCUT2D eigenvalue weighted by atomic mass is 32.3. The molecule has 4 aliphatic rings. The Morgan fingerprint density at radius 3 is 1.82 bits per heavy atom. The first-order chi connectivity index (χ1) is 26.6. The summed E-state index contributed by atoms with van der Waals surface area (Å²) in [6, 6.07) is 25.6. The monoisotopic (exact) mass is 808 g/mol. The second kappa shape index (κ2) is 16.1. The summed E-state index contributed by atoms with van der Waals surface area (Å²) in [6.45, 7) is 12.1. The lowest BCUT2D eigenvalue weighted by atomic mass is 9.44.